The Morgan fingerprint density at radius 1 is 1.44 bits per heavy atom. The lowest BCUT2D eigenvalue weighted by atomic mass is 10.2. The molecule has 0 radical (unpaired) electrons. The van der Waals surface area contributed by atoms with Gasteiger partial charge < -0.3 is 4.90 Å². The highest BCUT2D eigenvalue weighted by atomic mass is 32.2. The molecule has 0 amide bonds. The number of hydrogen-bond donors (Lipinski definition) is 1. The van der Waals surface area contributed by atoms with E-state index in [-0.39, 0.29) is 17.8 Å². The molecule has 0 aliphatic carbocycles. The minimum atomic E-state index is -2.93. The van der Waals surface area contributed by atoms with Crippen LogP contribution < -0.4 is 5.32 Å². The van der Waals surface area contributed by atoms with Gasteiger partial charge in [0.05, 0.1) is 11.8 Å². The molecule has 16 heavy (non-hydrogen) atoms. The minimum absolute atomic E-state index is 0.128. The van der Waals surface area contributed by atoms with E-state index in [2.05, 4.69) is 11.4 Å². The van der Waals surface area contributed by atoms with Crippen molar-refractivity contribution >= 4 is 9.84 Å². The fraction of sp³-hybridized carbons (Fsp3) is 0.900. The standard InChI is InChI=1S/C10H21N3O2S/c1-9(2)12-10(7-11)8-13(3)5-6-16(4,14)15/h9-10,12H,5-6,8H2,1-4H3. The predicted octanol–water partition coefficient (Wildman–Crippen LogP) is -0.147. The highest BCUT2D eigenvalue weighted by molar-refractivity contribution is 7.90. The summed E-state index contributed by atoms with van der Waals surface area (Å²) in [6, 6.07) is 2.14. The molecule has 0 spiro atoms. The number of nitrogens with one attached hydrogen (secondary N) is 1. The number of likely N-dealkylation sites (N-methyl/N-ethyl adjacent to an activating group) is 1. The van der Waals surface area contributed by atoms with Crippen LogP contribution in [0.25, 0.3) is 0 Å². The van der Waals surface area contributed by atoms with E-state index < -0.39 is 9.84 Å². The lowest BCUT2D eigenvalue weighted by Crippen LogP contribution is -2.42. The summed E-state index contributed by atoms with van der Waals surface area (Å²) in [5.41, 5.74) is 0. The summed E-state index contributed by atoms with van der Waals surface area (Å²) in [6.07, 6.45) is 1.22. The average molecular weight is 247 g/mol. The van der Waals surface area contributed by atoms with Crippen LogP contribution in [-0.2, 0) is 9.84 Å². The second-order valence-electron chi connectivity index (χ2n) is 4.40. The van der Waals surface area contributed by atoms with E-state index in [9.17, 15) is 8.42 Å². The maximum absolute atomic E-state index is 11.0. The van der Waals surface area contributed by atoms with Crippen molar-refractivity contribution in [2.75, 3.05) is 32.1 Å². The van der Waals surface area contributed by atoms with Crippen LogP contribution in [0.15, 0.2) is 0 Å². The Labute approximate surface area is 98.4 Å². The van der Waals surface area contributed by atoms with Gasteiger partial charge in [0, 0.05) is 25.4 Å². The Balaban J connectivity index is 4.02. The molecule has 0 aromatic rings. The smallest absolute Gasteiger partial charge is 0.148 e. The lowest BCUT2D eigenvalue weighted by Gasteiger charge is -2.21. The molecule has 0 bridgehead atoms. The van der Waals surface area contributed by atoms with Crippen molar-refractivity contribution in [2.45, 2.75) is 25.9 Å². The summed E-state index contributed by atoms with van der Waals surface area (Å²) in [6.45, 7) is 4.93. The number of sulfone groups is 1. The summed E-state index contributed by atoms with van der Waals surface area (Å²) in [5.74, 6) is 0.128. The lowest BCUT2D eigenvalue weighted by molar-refractivity contribution is 0.319. The molecule has 0 aliphatic rings. The van der Waals surface area contributed by atoms with Gasteiger partial charge in [-0.25, -0.2) is 8.42 Å². The van der Waals surface area contributed by atoms with Crippen LogP contribution in [0, 0.1) is 11.3 Å². The van der Waals surface area contributed by atoms with E-state index in [0.29, 0.717) is 13.1 Å². The van der Waals surface area contributed by atoms with Gasteiger partial charge in [-0.15, -0.1) is 0 Å². The van der Waals surface area contributed by atoms with Crippen molar-refractivity contribution in [1.82, 2.24) is 10.2 Å². The summed E-state index contributed by atoms with van der Waals surface area (Å²) in [5, 5.41) is 12.0. The highest BCUT2D eigenvalue weighted by Gasteiger charge is 2.12. The third-order valence-electron chi connectivity index (χ3n) is 2.03. The first kappa shape index (κ1) is 15.4. The van der Waals surface area contributed by atoms with Crippen LogP contribution in [0.3, 0.4) is 0 Å². The van der Waals surface area contributed by atoms with Crippen molar-refractivity contribution in [3.63, 3.8) is 0 Å². The normalized spacial score (nSPS) is 14.1. The first-order valence-electron chi connectivity index (χ1n) is 5.26. The Kier molecular flexibility index (Phi) is 6.56. The molecule has 0 heterocycles. The fourth-order valence-corrected chi connectivity index (χ4v) is 1.90. The van der Waals surface area contributed by atoms with E-state index in [1.165, 1.54) is 6.26 Å². The van der Waals surface area contributed by atoms with Gasteiger partial charge in [-0.05, 0) is 20.9 Å². The second-order valence-corrected chi connectivity index (χ2v) is 6.65. The third kappa shape index (κ3) is 8.65. The molecular weight excluding hydrogens is 226 g/mol. The van der Waals surface area contributed by atoms with Crippen LogP contribution in [-0.4, -0.2) is 57.5 Å². The molecule has 0 saturated carbocycles. The maximum Gasteiger partial charge on any atom is 0.148 e. The first-order valence-corrected chi connectivity index (χ1v) is 7.32. The van der Waals surface area contributed by atoms with Gasteiger partial charge >= 0.3 is 0 Å². The quantitative estimate of drug-likeness (QED) is 0.677. The molecule has 1 atom stereocenters. The topological polar surface area (TPSA) is 73.2 Å². The molecule has 6 heteroatoms. The second kappa shape index (κ2) is 6.84. The zero-order valence-electron chi connectivity index (χ0n) is 10.4. The summed E-state index contributed by atoms with van der Waals surface area (Å²) < 4.78 is 21.9. The molecule has 0 saturated heterocycles. The Morgan fingerprint density at radius 2 is 2.00 bits per heavy atom. The molecule has 0 fully saturated rings. The Morgan fingerprint density at radius 3 is 2.38 bits per heavy atom. The van der Waals surface area contributed by atoms with Gasteiger partial charge in [-0.1, -0.05) is 0 Å². The molecule has 0 aliphatic heterocycles. The zero-order valence-corrected chi connectivity index (χ0v) is 11.2. The van der Waals surface area contributed by atoms with Crippen LogP contribution in [0.2, 0.25) is 0 Å². The number of hydrogen-bond acceptors (Lipinski definition) is 5. The summed E-state index contributed by atoms with van der Waals surface area (Å²) >= 11 is 0. The van der Waals surface area contributed by atoms with E-state index in [1.54, 1.807) is 0 Å². The fourth-order valence-electron chi connectivity index (χ4n) is 1.26. The summed E-state index contributed by atoms with van der Waals surface area (Å²) in [7, 11) is -1.11. The third-order valence-corrected chi connectivity index (χ3v) is 2.95. The van der Waals surface area contributed by atoms with Crippen LogP contribution in [0.4, 0.5) is 0 Å². The summed E-state index contributed by atoms with van der Waals surface area (Å²) in [4.78, 5) is 1.85. The highest BCUT2D eigenvalue weighted by Crippen LogP contribution is 1.93. The van der Waals surface area contributed by atoms with E-state index in [0.717, 1.165) is 0 Å². The first-order chi connectivity index (χ1) is 7.24. The molecule has 94 valence electrons. The van der Waals surface area contributed by atoms with Crippen LogP contribution in [0.1, 0.15) is 13.8 Å². The molecule has 1 N–H and O–H groups in total. The van der Waals surface area contributed by atoms with E-state index >= 15 is 0 Å². The van der Waals surface area contributed by atoms with Gasteiger partial charge in [0.15, 0.2) is 0 Å². The van der Waals surface area contributed by atoms with Gasteiger partial charge in [0.25, 0.3) is 0 Å². The monoisotopic (exact) mass is 247 g/mol. The maximum atomic E-state index is 11.0. The molecular formula is C10H21N3O2S. The molecule has 0 aromatic heterocycles. The van der Waals surface area contributed by atoms with E-state index in [4.69, 9.17) is 5.26 Å². The predicted molar refractivity (Wildman–Crippen MR) is 64.9 cm³/mol. The minimum Gasteiger partial charge on any atom is -0.303 e. The zero-order chi connectivity index (χ0) is 12.8. The number of nitriles is 1. The largest absolute Gasteiger partial charge is 0.303 e. The molecule has 5 nitrogen and oxygen atoms in total. The van der Waals surface area contributed by atoms with Gasteiger partial charge in [-0.2, -0.15) is 5.26 Å². The van der Waals surface area contributed by atoms with Crippen LogP contribution in [0.5, 0.6) is 0 Å². The Bertz CT molecular complexity index is 332. The van der Waals surface area contributed by atoms with Crippen molar-refractivity contribution in [1.29, 1.82) is 5.26 Å². The Hall–Kier alpha value is -0.640. The SMILES string of the molecule is CC(C)NC(C#N)CN(C)CCS(C)(=O)=O. The average Bonchev–Trinajstić information content (AvgIpc) is 2.12. The van der Waals surface area contributed by atoms with Crippen molar-refractivity contribution < 1.29 is 8.42 Å². The van der Waals surface area contributed by atoms with Crippen molar-refractivity contribution in [2.24, 2.45) is 0 Å². The van der Waals surface area contributed by atoms with Gasteiger partial charge in [0.1, 0.15) is 15.9 Å². The van der Waals surface area contributed by atoms with Crippen LogP contribution >= 0.6 is 0 Å². The number of nitrogens with zero attached hydrogens (tertiary/aromatic N) is 2. The van der Waals surface area contributed by atoms with E-state index in [1.807, 2.05) is 25.8 Å². The van der Waals surface area contributed by atoms with Gasteiger partial charge in [0.2, 0.25) is 0 Å². The van der Waals surface area contributed by atoms with Crippen molar-refractivity contribution in [3.8, 4) is 6.07 Å². The molecule has 0 rings (SSSR count). The van der Waals surface area contributed by atoms with Crippen molar-refractivity contribution in [3.05, 3.63) is 0 Å². The number of rotatable bonds is 7. The van der Waals surface area contributed by atoms with Gasteiger partial charge in [-0.3, -0.25) is 5.32 Å². The molecule has 1 unspecified atom stereocenters. The molecule has 0 aromatic carbocycles.